The molecule has 0 aliphatic heterocycles. The van der Waals surface area contributed by atoms with Crippen molar-refractivity contribution >= 4 is 77.4 Å². The van der Waals surface area contributed by atoms with Crippen LogP contribution in [0.1, 0.15) is 0 Å². The number of para-hydroxylation sites is 10. The molecule has 81 heavy (non-hydrogen) atoms. The van der Waals surface area contributed by atoms with Crippen LogP contribution in [-0.2, 0) is 0 Å². The van der Waals surface area contributed by atoms with Crippen molar-refractivity contribution in [1.29, 1.82) is 0 Å². The third-order valence-corrected chi connectivity index (χ3v) is 13.5. The Kier molecular flexibility index (Phi) is 19.0. The van der Waals surface area contributed by atoms with Gasteiger partial charge in [0.15, 0.2) is 11.5 Å². The zero-order valence-electron chi connectivity index (χ0n) is 44.0. The van der Waals surface area contributed by atoms with Crippen LogP contribution in [0.15, 0.2) is 337 Å². The van der Waals surface area contributed by atoms with Crippen LogP contribution in [0, 0.1) is 0 Å². The van der Waals surface area contributed by atoms with Crippen LogP contribution in [0.25, 0.3) is 0 Å². The second kappa shape index (κ2) is 28.2. The molecule has 0 bridgehead atoms. The number of hydrogen-bond acceptors (Lipinski definition) is 7. The van der Waals surface area contributed by atoms with E-state index in [9.17, 15) is 0 Å². The topological polar surface area (TPSA) is 55.4 Å². The highest BCUT2D eigenvalue weighted by Gasteiger charge is 2.26. The van der Waals surface area contributed by atoms with Gasteiger partial charge >= 0.3 is 0 Å². The third-order valence-electron chi connectivity index (χ3n) is 12.3. The molecule has 0 amide bonds. The van der Waals surface area contributed by atoms with Crippen molar-refractivity contribution in [1.82, 2.24) is 0 Å². The molecule has 12 rings (SSSR count). The largest absolute Gasteiger partial charge is 0.456 e. The van der Waals surface area contributed by atoms with Crippen LogP contribution in [0.4, 0.5) is 45.5 Å². The first-order valence-corrected chi connectivity index (χ1v) is 27.9. The van der Waals surface area contributed by atoms with Crippen molar-refractivity contribution in [2.24, 2.45) is 0 Å². The maximum absolute atomic E-state index is 6.72. The van der Waals surface area contributed by atoms with E-state index >= 15 is 0 Å². The van der Waals surface area contributed by atoms with Crippen LogP contribution in [0.5, 0.6) is 46.0 Å². The first-order valence-electron chi connectivity index (χ1n) is 26.3. The zero-order chi connectivity index (χ0) is 55.3. The second-order valence-corrected chi connectivity index (χ2v) is 19.7. The molecular formula is C72H55Br2N3O4. The predicted molar refractivity (Wildman–Crippen MR) is 340 cm³/mol. The maximum Gasteiger partial charge on any atom is 0.155 e. The van der Waals surface area contributed by atoms with Gasteiger partial charge in [-0.3, -0.25) is 0 Å². The summed E-state index contributed by atoms with van der Waals surface area (Å²) in [6.07, 6.45) is 0. The summed E-state index contributed by atoms with van der Waals surface area (Å²) >= 11 is 7.03. The summed E-state index contributed by atoms with van der Waals surface area (Å²) in [5, 5.41) is 3.30. The second-order valence-electron chi connectivity index (χ2n) is 18.0. The molecule has 12 aromatic rings. The van der Waals surface area contributed by atoms with Crippen LogP contribution in [0.3, 0.4) is 0 Å². The summed E-state index contributed by atoms with van der Waals surface area (Å²) in [5.41, 5.74) is 7.95. The number of anilines is 8. The molecule has 12 aromatic carbocycles. The lowest BCUT2D eigenvalue weighted by atomic mass is 10.1. The maximum atomic E-state index is 6.72. The standard InChI is InChI=1S/C42H32N2O2.C18H12Br2O2.C12H11N/c1-7-19-33(20-8-1)43(34-21-9-2-10-22-34)39-31-40(44(35-23-11-3-12-24-35)36-25-13-4-14-26-36)42(46-38-29-17-6-18-30-38)32-41(39)45-37-27-15-5-16-28-37;19-15-11-16(20)18(22-14-9-5-2-6-10-14)12-17(15)21-13-7-3-1-4-8-13;1-3-7-11(8-4-1)13-12-9-5-2-6-10-12/h1-32H;1-12H;1-10,13H. The molecule has 0 aliphatic carbocycles. The Labute approximate surface area is 490 Å². The molecule has 1 N–H and O–H groups in total. The van der Waals surface area contributed by atoms with E-state index in [2.05, 4.69) is 150 Å². The molecule has 396 valence electrons. The molecule has 7 nitrogen and oxygen atoms in total. The summed E-state index contributed by atoms with van der Waals surface area (Å²) in [6.45, 7) is 0. The van der Waals surface area contributed by atoms with Crippen molar-refractivity contribution in [2.45, 2.75) is 0 Å². The molecule has 0 saturated carbocycles. The fourth-order valence-corrected chi connectivity index (χ4v) is 9.71. The summed E-state index contributed by atoms with van der Waals surface area (Å²) in [5.74, 6) is 5.69. The van der Waals surface area contributed by atoms with Gasteiger partial charge in [0.25, 0.3) is 0 Å². The van der Waals surface area contributed by atoms with Crippen LogP contribution in [-0.4, -0.2) is 0 Å². The van der Waals surface area contributed by atoms with E-state index in [1.807, 2.05) is 224 Å². The van der Waals surface area contributed by atoms with Gasteiger partial charge in [0.2, 0.25) is 0 Å². The summed E-state index contributed by atoms with van der Waals surface area (Å²) in [4.78, 5) is 4.45. The Morgan fingerprint density at radius 1 is 0.235 bits per heavy atom. The summed E-state index contributed by atoms with van der Waals surface area (Å²) in [6, 6.07) is 109. The van der Waals surface area contributed by atoms with E-state index in [1.54, 1.807) is 0 Å². The van der Waals surface area contributed by atoms with Crippen molar-refractivity contribution < 1.29 is 18.9 Å². The Bertz CT molecular complexity index is 3460. The highest BCUT2D eigenvalue weighted by molar-refractivity contribution is 9.11. The average Bonchev–Trinajstić information content (AvgIpc) is 3.62. The molecule has 0 saturated heterocycles. The quantitative estimate of drug-likeness (QED) is 0.103. The lowest BCUT2D eigenvalue weighted by Gasteiger charge is -2.32. The molecule has 0 heterocycles. The molecule has 0 radical (unpaired) electrons. The highest BCUT2D eigenvalue weighted by Crippen LogP contribution is 2.51. The first kappa shape index (κ1) is 54.6. The van der Waals surface area contributed by atoms with Gasteiger partial charge in [-0.2, -0.15) is 0 Å². The Morgan fingerprint density at radius 2 is 0.457 bits per heavy atom. The van der Waals surface area contributed by atoms with Gasteiger partial charge < -0.3 is 34.1 Å². The molecule has 0 unspecified atom stereocenters. The number of rotatable bonds is 16. The minimum Gasteiger partial charge on any atom is -0.456 e. The highest BCUT2D eigenvalue weighted by atomic mass is 79.9. The SMILES string of the molecule is Brc1cc(Br)c(Oc2ccccc2)cc1Oc1ccccc1.c1ccc(Nc2ccccc2)cc1.c1ccc(Oc2cc(Oc3ccccc3)c(N(c3ccccc3)c3ccccc3)cc2N(c2ccccc2)c2ccccc2)cc1. The van der Waals surface area contributed by atoms with Crippen molar-refractivity contribution in [3.63, 3.8) is 0 Å². The minimum absolute atomic E-state index is 0.648. The molecule has 0 aliphatic rings. The molecule has 9 heteroatoms. The number of ether oxygens (including phenoxy) is 4. The van der Waals surface area contributed by atoms with E-state index in [0.29, 0.717) is 23.0 Å². The van der Waals surface area contributed by atoms with E-state index in [0.717, 1.165) is 77.4 Å². The van der Waals surface area contributed by atoms with Crippen molar-refractivity contribution in [3.8, 4) is 46.0 Å². The van der Waals surface area contributed by atoms with Gasteiger partial charge in [0.1, 0.15) is 34.5 Å². The van der Waals surface area contributed by atoms with Gasteiger partial charge in [-0.15, -0.1) is 0 Å². The monoisotopic (exact) mass is 1180 g/mol. The minimum atomic E-state index is 0.648. The van der Waals surface area contributed by atoms with Crippen molar-refractivity contribution in [2.75, 3.05) is 15.1 Å². The number of nitrogens with zero attached hydrogens (tertiary/aromatic N) is 2. The van der Waals surface area contributed by atoms with Gasteiger partial charge in [-0.05, 0) is 165 Å². The van der Waals surface area contributed by atoms with Crippen molar-refractivity contribution in [3.05, 3.63) is 337 Å². The predicted octanol–water partition coefficient (Wildman–Crippen LogP) is 22.4. The smallest absolute Gasteiger partial charge is 0.155 e. The van der Waals surface area contributed by atoms with Gasteiger partial charge in [-0.1, -0.05) is 182 Å². The first-order chi connectivity index (χ1) is 40.0. The number of hydrogen-bond donors (Lipinski definition) is 1. The normalized spacial score (nSPS) is 10.3. The number of halogens is 2. The molecule has 0 fully saturated rings. The Morgan fingerprint density at radius 3 is 0.728 bits per heavy atom. The van der Waals surface area contributed by atoms with Gasteiger partial charge in [0.05, 0.1) is 20.3 Å². The molecule has 0 atom stereocenters. The Hall–Kier alpha value is -9.80. The van der Waals surface area contributed by atoms with E-state index in [1.165, 1.54) is 0 Å². The zero-order valence-corrected chi connectivity index (χ0v) is 47.1. The lowest BCUT2D eigenvalue weighted by molar-refractivity contribution is 0.456. The third kappa shape index (κ3) is 15.3. The van der Waals surface area contributed by atoms with Gasteiger partial charge in [0, 0.05) is 46.3 Å². The lowest BCUT2D eigenvalue weighted by Crippen LogP contribution is -2.15. The average molecular weight is 1190 g/mol. The van der Waals surface area contributed by atoms with Crippen LogP contribution < -0.4 is 34.1 Å². The number of benzene rings is 12. The van der Waals surface area contributed by atoms with Crippen LogP contribution in [0.2, 0.25) is 0 Å². The van der Waals surface area contributed by atoms with E-state index in [4.69, 9.17) is 18.9 Å². The molecular weight excluding hydrogens is 1130 g/mol. The van der Waals surface area contributed by atoms with E-state index < -0.39 is 0 Å². The summed E-state index contributed by atoms with van der Waals surface area (Å²) < 4.78 is 26.9. The number of nitrogens with one attached hydrogen (secondary N) is 1. The summed E-state index contributed by atoms with van der Waals surface area (Å²) in [7, 11) is 0. The fourth-order valence-electron chi connectivity index (χ4n) is 8.55. The Balaban J connectivity index is 0.000000172. The van der Waals surface area contributed by atoms with Gasteiger partial charge in [-0.25, -0.2) is 0 Å². The fraction of sp³-hybridized carbons (Fsp3) is 0. The molecule has 0 spiro atoms. The van der Waals surface area contributed by atoms with E-state index in [-0.39, 0.29) is 0 Å². The van der Waals surface area contributed by atoms with Crippen LogP contribution >= 0.6 is 31.9 Å². The molecule has 0 aromatic heterocycles.